The van der Waals surface area contributed by atoms with Gasteiger partial charge in [0.1, 0.15) is 36.6 Å². The summed E-state index contributed by atoms with van der Waals surface area (Å²) in [6.07, 6.45) is 28.4. The predicted octanol–water partition coefficient (Wildman–Crippen LogP) is 8.76. The van der Waals surface area contributed by atoms with Crippen LogP contribution in [0, 0.1) is 0 Å². The lowest BCUT2D eigenvalue weighted by Gasteiger charge is -2.41. The summed E-state index contributed by atoms with van der Waals surface area (Å²) in [6.45, 7) is 3.74. The van der Waals surface area contributed by atoms with Crippen molar-refractivity contribution in [3.8, 4) is 0 Å². The van der Waals surface area contributed by atoms with E-state index in [9.17, 15) is 50.0 Å². The van der Waals surface area contributed by atoms with Gasteiger partial charge in [-0.15, -0.1) is 0 Å². The Morgan fingerprint density at radius 3 is 1.42 bits per heavy atom. The van der Waals surface area contributed by atoms with Gasteiger partial charge >= 0.3 is 7.82 Å². The SMILES string of the molecule is CCCCCCCCCCCCCC/C=C/CC/C=C/C(O)C(COP(=O)(O)OC1C(O)C(O)C(O)C(O)C1O)NC(=O)CC(O)CCCCCCCCCCCCCCCC. The van der Waals surface area contributed by atoms with Gasteiger partial charge in [-0.2, -0.15) is 0 Å². The molecule has 8 atom stereocenters. The molecule has 1 saturated carbocycles. The maximum atomic E-state index is 13.0. The van der Waals surface area contributed by atoms with E-state index in [-0.39, 0.29) is 6.42 Å². The fourth-order valence-electron chi connectivity index (χ4n) is 7.96. The minimum absolute atomic E-state index is 0.249. The van der Waals surface area contributed by atoms with Crippen LogP contribution in [-0.2, 0) is 18.4 Å². The molecule has 1 rings (SSSR count). The highest BCUT2D eigenvalue weighted by Gasteiger charge is 2.51. The number of phosphoric ester groups is 1. The van der Waals surface area contributed by atoms with Crippen molar-refractivity contribution in [3.63, 3.8) is 0 Å². The van der Waals surface area contributed by atoms with Crippen LogP contribution in [0.1, 0.15) is 213 Å². The number of aliphatic hydroxyl groups excluding tert-OH is 7. The molecule has 0 bridgehead atoms. The minimum atomic E-state index is -5.15. The van der Waals surface area contributed by atoms with E-state index in [1.54, 1.807) is 6.08 Å². The number of hydrogen-bond acceptors (Lipinski definition) is 11. The normalized spacial score (nSPS) is 23.2. The van der Waals surface area contributed by atoms with E-state index in [4.69, 9.17) is 9.05 Å². The molecule has 1 aliphatic rings. The molecule has 0 aromatic heterocycles. The Morgan fingerprint density at radius 1 is 0.565 bits per heavy atom. The van der Waals surface area contributed by atoms with Crippen LogP contribution in [0.3, 0.4) is 0 Å². The van der Waals surface area contributed by atoms with Gasteiger partial charge in [0, 0.05) is 0 Å². The summed E-state index contributed by atoms with van der Waals surface area (Å²) in [7, 11) is -5.15. The lowest BCUT2D eigenvalue weighted by atomic mass is 9.85. The Hall–Kier alpha value is -1.22. The largest absolute Gasteiger partial charge is 0.472 e. The third-order valence-electron chi connectivity index (χ3n) is 12.0. The van der Waals surface area contributed by atoms with Crippen molar-refractivity contribution in [2.24, 2.45) is 0 Å². The van der Waals surface area contributed by atoms with Crippen molar-refractivity contribution in [1.29, 1.82) is 0 Å². The monoisotopic (exact) mass is 906 g/mol. The summed E-state index contributed by atoms with van der Waals surface area (Å²) in [6, 6.07) is -1.25. The highest BCUT2D eigenvalue weighted by atomic mass is 31.2. The molecule has 0 spiro atoms. The van der Waals surface area contributed by atoms with Gasteiger partial charge in [0.25, 0.3) is 0 Å². The first-order chi connectivity index (χ1) is 29.8. The summed E-state index contributed by atoms with van der Waals surface area (Å²) < 4.78 is 22.9. The maximum Gasteiger partial charge on any atom is 0.472 e. The second kappa shape index (κ2) is 37.9. The van der Waals surface area contributed by atoms with Gasteiger partial charge in [0.05, 0.1) is 31.3 Å². The van der Waals surface area contributed by atoms with Crippen LogP contribution >= 0.6 is 7.82 Å². The molecule has 1 amide bonds. The highest BCUT2D eigenvalue weighted by Crippen LogP contribution is 2.47. The number of rotatable bonds is 41. The quantitative estimate of drug-likeness (QED) is 0.0159. The predicted molar refractivity (Wildman–Crippen MR) is 247 cm³/mol. The van der Waals surface area contributed by atoms with Crippen molar-refractivity contribution < 1.29 is 59.0 Å². The number of carbonyl (C=O) groups is 1. The summed E-state index contributed by atoms with van der Waals surface area (Å²) in [5, 5.41) is 74.5. The van der Waals surface area contributed by atoms with E-state index in [1.807, 2.05) is 0 Å². The molecule has 0 aliphatic heterocycles. The van der Waals surface area contributed by atoms with Gasteiger partial charge in [-0.05, 0) is 32.1 Å². The zero-order chi connectivity index (χ0) is 45.9. The fraction of sp³-hybridized carbons (Fsp3) is 0.896. The molecule has 366 valence electrons. The van der Waals surface area contributed by atoms with Gasteiger partial charge in [-0.1, -0.05) is 199 Å². The molecule has 62 heavy (non-hydrogen) atoms. The number of carbonyl (C=O) groups excluding carboxylic acids is 1. The second-order valence-electron chi connectivity index (χ2n) is 17.8. The summed E-state index contributed by atoms with van der Waals surface area (Å²) in [5.41, 5.74) is 0. The lowest BCUT2D eigenvalue weighted by Crippen LogP contribution is -2.64. The minimum Gasteiger partial charge on any atom is -0.393 e. The molecule has 0 saturated heterocycles. The molecule has 8 unspecified atom stereocenters. The van der Waals surface area contributed by atoms with E-state index in [0.29, 0.717) is 12.8 Å². The smallest absolute Gasteiger partial charge is 0.393 e. The maximum absolute atomic E-state index is 13.0. The van der Waals surface area contributed by atoms with Crippen LogP contribution in [0.2, 0.25) is 0 Å². The molecular formula is C48H92NO12P. The van der Waals surface area contributed by atoms with Crippen LogP contribution in [0.15, 0.2) is 24.3 Å². The molecule has 0 radical (unpaired) electrons. The molecule has 13 nitrogen and oxygen atoms in total. The molecule has 0 aromatic carbocycles. The number of phosphoric acid groups is 1. The zero-order valence-corrected chi connectivity index (χ0v) is 39.7. The summed E-state index contributed by atoms with van der Waals surface area (Å²) in [5.74, 6) is -0.600. The van der Waals surface area contributed by atoms with Gasteiger partial charge in [-0.3, -0.25) is 13.8 Å². The molecule has 9 N–H and O–H groups in total. The molecular weight excluding hydrogens is 813 g/mol. The average Bonchev–Trinajstić information content (AvgIpc) is 3.24. The number of amides is 1. The average molecular weight is 906 g/mol. The molecule has 14 heteroatoms. The number of hydrogen-bond donors (Lipinski definition) is 9. The Labute approximate surface area is 375 Å². The van der Waals surface area contributed by atoms with Crippen LogP contribution in [0.4, 0.5) is 0 Å². The first-order valence-electron chi connectivity index (χ1n) is 24.9. The molecule has 1 aliphatic carbocycles. The van der Waals surface area contributed by atoms with E-state index in [1.165, 1.54) is 141 Å². The fourth-order valence-corrected chi connectivity index (χ4v) is 8.93. The molecule has 0 heterocycles. The Kier molecular flexibility index (Phi) is 36.0. The van der Waals surface area contributed by atoms with Crippen LogP contribution in [0.25, 0.3) is 0 Å². The van der Waals surface area contributed by atoms with E-state index in [0.717, 1.165) is 44.9 Å². The first-order valence-corrected chi connectivity index (χ1v) is 26.4. The van der Waals surface area contributed by atoms with E-state index in [2.05, 4.69) is 31.3 Å². The van der Waals surface area contributed by atoms with Crippen molar-refractivity contribution >= 4 is 13.7 Å². The molecule has 1 fully saturated rings. The third kappa shape index (κ3) is 29.3. The van der Waals surface area contributed by atoms with E-state index >= 15 is 0 Å². The van der Waals surface area contributed by atoms with Gasteiger partial charge in [0.2, 0.25) is 5.91 Å². The first kappa shape index (κ1) is 58.8. The standard InChI is InChI=1S/C48H92NO12P/c1-3-5-7-9-11-13-15-17-19-20-21-22-24-26-28-30-32-34-36-41(51)40(38-60-62(58,59)61-48-46(56)44(54)43(53)45(55)47(48)57)49-42(52)37-39(50)35-33-31-29-27-25-23-18-16-14-12-10-8-6-4-2/h26,28,34,36,39-41,43-48,50-51,53-57H,3-25,27,29-33,35,37-38H2,1-2H3,(H,49,52)(H,58,59)/b28-26+,36-34+. The number of allylic oxidation sites excluding steroid dienone is 3. The van der Waals surface area contributed by atoms with Gasteiger partial charge < -0.3 is 46.0 Å². The van der Waals surface area contributed by atoms with Crippen LogP contribution in [-0.4, -0.2) is 108 Å². The second-order valence-corrected chi connectivity index (χ2v) is 19.3. The van der Waals surface area contributed by atoms with Crippen molar-refractivity contribution in [2.75, 3.05) is 6.61 Å². The van der Waals surface area contributed by atoms with Gasteiger partial charge in [-0.25, -0.2) is 4.57 Å². The summed E-state index contributed by atoms with van der Waals surface area (Å²) in [4.78, 5) is 23.5. The topological polar surface area (TPSA) is 226 Å². The Bertz CT molecular complexity index is 1160. The van der Waals surface area contributed by atoms with Crippen LogP contribution in [0.5, 0.6) is 0 Å². The summed E-state index contributed by atoms with van der Waals surface area (Å²) >= 11 is 0. The van der Waals surface area contributed by atoms with Crippen molar-refractivity contribution in [1.82, 2.24) is 5.32 Å². The highest BCUT2D eigenvalue weighted by molar-refractivity contribution is 7.47. The number of nitrogens with one attached hydrogen (secondary N) is 1. The Morgan fingerprint density at radius 2 is 0.952 bits per heavy atom. The van der Waals surface area contributed by atoms with E-state index < -0.39 is 75.2 Å². The molecule has 0 aromatic rings. The third-order valence-corrected chi connectivity index (χ3v) is 13.0. The van der Waals surface area contributed by atoms with Crippen LogP contribution < -0.4 is 5.32 Å². The number of unbranched alkanes of at least 4 members (excludes halogenated alkanes) is 26. The zero-order valence-electron chi connectivity index (χ0n) is 38.8. The lowest BCUT2D eigenvalue weighted by molar-refractivity contribution is -0.220. The number of aliphatic hydroxyl groups is 7. The van der Waals surface area contributed by atoms with Gasteiger partial charge in [0.15, 0.2) is 0 Å². The Balaban J connectivity index is 2.54. The van der Waals surface area contributed by atoms with Crippen molar-refractivity contribution in [2.45, 2.75) is 268 Å². The van der Waals surface area contributed by atoms with Crippen molar-refractivity contribution in [3.05, 3.63) is 24.3 Å².